The quantitative estimate of drug-likeness (QED) is 0.637. The van der Waals surface area contributed by atoms with Gasteiger partial charge < -0.3 is 5.73 Å². The van der Waals surface area contributed by atoms with Crippen molar-refractivity contribution in [3.05, 3.63) is 23.7 Å². The highest BCUT2D eigenvalue weighted by molar-refractivity contribution is 7.16. The van der Waals surface area contributed by atoms with Crippen molar-refractivity contribution in [1.29, 1.82) is 0 Å². The van der Waals surface area contributed by atoms with Crippen LogP contribution in [0.4, 0.5) is 5.69 Å². The number of thiazole rings is 1. The van der Waals surface area contributed by atoms with Crippen LogP contribution in [0.15, 0.2) is 28.7 Å². The summed E-state index contributed by atoms with van der Waals surface area (Å²) in [6.45, 7) is 2.09. The van der Waals surface area contributed by atoms with Gasteiger partial charge in [0, 0.05) is 6.42 Å². The van der Waals surface area contributed by atoms with Crippen LogP contribution in [0.3, 0.4) is 0 Å². The summed E-state index contributed by atoms with van der Waals surface area (Å²) in [4.78, 5) is 8.57. The van der Waals surface area contributed by atoms with Crippen molar-refractivity contribution in [2.45, 2.75) is 19.8 Å². The predicted octanol–water partition coefficient (Wildman–Crippen LogP) is 3.09. The molecule has 0 spiro atoms. The Morgan fingerprint density at radius 2 is 2.40 bits per heavy atom. The van der Waals surface area contributed by atoms with Crippen molar-refractivity contribution >= 4 is 33.1 Å². The minimum atomic E-state index is 0.696. The van der Waals surface area contributed by atoms with E-state index in [0.717, 1.165) is 28.7 Å². The van der Waals surface area contributed by atoms with Crippen LogP contribution < -0.4 is 5.73 Å². The first kappa shape index (κ1) is 10.1. The van der Waals surface area contributed by atoms with Gasteiger partial charge in [0.05, 0.1) is 27.3 Å². The summed E-state index contributed by atoms with van der Waals surface area (Å²) in [6.07, 6.45) is 1.87. The van der Waals surface area contributed by atoms with E-state index in [-0.39, 0.29) is 0 Å². The summed E-state index contributed by atoms with van der Waals surface area (Å²) in [6, 6.07) is 5.95. The Morgan fingerprint density at radius 1 is 1.53 bits per heavy atom. The molecular formula is C11H13N3S. The lowest BCUT2D eigenvalue weighted by atomic mass is 10.3. The zero-order valence-corrected chi connectivity index (χ0v) is 9.42. The van der Waals surface area contributed by atoms with Crippen LogP contribution in [0, 0.1) is 0 Å². The molecule has 0 aliphatic heterocycles. The lowest BCUT2D eigenvalue weighted by molar-refractivity contribution is 0.983. The summed E-state index contributed by atoms with van der Waals surface area (Å²) >= 11 is 1.62. The molecule has 3 nitrogen and oxygen atoms in total. The second kappa shape index (κ2) is 4.40. The molecule has 1 aromatic carbocycles. The van der Waals surface area contributed by atoms with Crippen LogP contribution in [-0.4, -0.2) is 10.8 Å². The molecule has 0 bridgehead atoms. The molecule has 0 aliphatic rings. The molecule has 4 heteroatoms. The fourth-order valence-electron chi connectivity index (χ4n) is 1.39. The van der Waals surface area contributed by atoms with Gasteiger partial charge in [-0.25, -0.2) is 9.98 Å². The zero-order chi connectivity index (χ0) is 10.7. The Balaban J connectivity index is 2.31. The van der Waals surface area contributed by atoms with E-state index in [1.165, 1.54) is 0 Å². The first-order chi connectivity index (χ1) is 7.29. The van der Waals surface area contributed by atoms with Crippen LogP contribution in [0.1, 0.15) is 19.8 Å². The summed E-state index contributed by atoms with van der Waals surface area (Å²) in [7, 11) is 0. The maximum Gasteiger partial charge on any atom is 0.0996 e. The number of aliphatic imine (C=N–C) groups is 1. The van der Waals surface area contributed by atoms with Crippen molar-refractivity contribution in [3.8, 4) is 0 Å². The molecule has 0 amide bonds. The maximum atomic E-state index is 5.77. The van der Waals surface area contributed by atoms with Gasteiger partial charge in [-0.1, -0.05) is 6.92 Å². The molecule has 0 saturated heterocycles. The molecule has 0 unspecified atom stereocenters. The first-order valence-electron chi connectivity index (χ1n) is 4.96. The molecule has 2 aromatic rings. The molecule has 2 rings (SSSR count). The van der Waals surface area contributed by atoms with E-state index in [4.69, 9.17) is 5.73 Å². The van der Waals surface area contributed by atoms with Crippen LogP contribution >= 0.6 is 11.3 Å². The Kier molecular flexibility index (Phi) is 2.97. The van der Waals surface area contributed by atoms with E-state index < -0.39 is 0 Å². The predicted molar refractivity (Wildman–Crippen MR) is 65.8 cm³/mol. The lowest BCUT2D eigenvalue weighted by Crippen LogP contribution is -2.09. The minimum Gasteiger partial charge on any atom is -0.387 e. The zero-order valence-electron chi connectivity index (χ0n) is 8.60. The van der Waals surface area contributed by atoms with Gasteiger partial charge in [0.1, 0.15) is 0 Å². The number of hydrogen-bond donors (Lipinski definition) is 1. The third-order valence-electron chi connectivity index (χ3n) is 2.09. The standard InChI is InChI=1S/C11H13N3S/c1-2-3-11(12)14-8-4-5-9-10(6-8)15-7-13-9/h4-7H,2-3H2,1H3,(H2,12,14). The molecule has 1 heterocycles. The molecule has 0 atom stereocenters. The van der Waals surface area contributed by atoms with Gasteiger partial charge in [-0.05, 0) is 24.6 Å². The van der Waals surface area contributed by atoms with Crippen LogP contribution in [0.5, 0.6) is 0 Å². The lowest BCUT2D eigenvalue weighted by Gasteiger charge is -1.98. The Morgan fingerprint density at radius 3 is 3.20 bits per heavy atom. The van der Waals surface area contributed by atoms with Gasteiger partial charge in [-0.2, -0.15) is 0 Å². The summed E-state index contributed by atoms with van der Waals surface area (Å²) in [5.41, 5.74) is 9.55. The van der Waals surface area contributed by atoms with Crippen LogP contribution in [0.2, 0.25) is 0 Å². The highest BCUT2D eigenvalue weighted by Crippen LogP contribution is 2.23. The summed E-state index contributed by atoms with van der Waals surface area (Å²) < 4.78 is 1.15. The van der Waals surface area contributed by atoms with E-state index in [0.29, 0.717) is 5.84 Å². The van der Waals surface area contributed by atoms with Crippen molar-refractivity contribution in [1.82, 2.24) is 4.98 Å². The number of aromatic nitrogens is 1. The van der Waals surface area contributed by atoms with Gasteiger partial charge in [0.15, 0.2) is 0 Å². The van der Waals surface area contributed by atoms with Gasteiger partial charge in [0.25, 0.3) is 0 Å². The van der Waals surface area contributed by atoms with E-state index in [9.17, 15) is 0 Å². The second-order valence-corrected chi connectivity index (χ2v) is 4.24. The van der Waals surface area contributed by atoms with Gasteiger partial charge in [0.2, 0.25) is 0 Å². The molecule has 15 heavy (non-hydrogen) atoms. The molecular weight excluding hydrogens is 206 g/mol. The van der Waals surface area contributed by atoms with Crippen molar-refractivity contribution in [2.24, 2.45) is 10.7 Å². The number of rotatable bonds is 3. The number of nitrogens with two attached hydrogens (primary N) is 1. The molecule has 0 radical (unpaired) electrons. The number of hydrogen-bond acceptors (Lipinski definition) is 3. The van der Waals surface area contributed by atoms with Gasteiger partial charge in [-0.3, -0.25) is 0 Å². The molecule has 0 saturated carbocycles. The first-order valence-corrected chi connectivity index (χ1v) is 5.84. The number of fused-ring (bicyclic) bond motifs is 1. The Hall–Kier alpha value is -1.42. The molecule has 0 aliphatic carbocycles. The Bertz CT molecular complexity index is 487. The van der Waals surface area contributed by atoms with Crippen molar-refractivity contribution < 1.29 is 0 Å². The number of amidine groups is 1. The van der Waals surface area contributed by atoms with E-state index in [2.05, 4.69) is 16.9 Å². The fraction of sp³-hybridized carbons (Fsp3) is 0.273. The minimum absolute atomic E-state index is 0.696. The SMILES string of the molecule is CCCC(N)=Nc1ccc2ncsc2c1. The maximum absolute atomic E-state index is 5.77. The molecule has 0 fully saturated rings. The third-order valence-corrected chi connectivity index (χ3v) is 2.89. The second-order valence-electron chi connectivity index (χ2n) is 3.36. The van der Waals surface area contributed by atoms with Gasteiger partial charge in [-0.15, -0.1) is 11.3 Å². The highest BCUT2D eigenvalue weighted by Gasteiger charge is 1.98. The van der Waals surface area contributed by atoms with Crippen LogP contribution in [0.25, 0.3) is 10.2 Å². The monoisotopic (exact) mass is 219 g/mol. The number of nitrogens with zero attached hydrogens (tertiary/aromatic N) is 2. The van der Waals surface area contributed by atoms with E-state index >= 15 is 0 Å². The smallest absolute Gasteiger partial charge is 0.0996 e. The van der Waals surface area contributed by atoms with Crippen molar-refractivity contribution in [2.75, 3.05) is 0 Å². The normalized spacial score (nSPS) is 12.2. The fourth-order valence-corrected chi connectivity index (χ4v) is 2.10. The average molecular weight is 219 g/mol. The van der Waals surface area contributed by atoms with E-state index in [1.54, 1.807) is 11.3 Å². The topological polar surface area (TPSA) is 51.3 Å². The molecule has 78 valence electrons. The van der Waals surface area contributed by atoms with Crippen molar-refractivity contribution in [3.63, 3.8) is 0 Å². The Labute approximate surface area is 92.7 Å². The molecule has 2 N–H and O–H groups in total. The third kappa shape index (κ3) is 2.33. The van der Waals surface area contributed by atoms with Gasteiger partial charge >= 0.3 is 0 Å². The summed E-state index contributed by atoms with van der Waals surface area (Å²) in [5.74, 6) is 0.696. The highest BCUT2D eigenvalue weighted by atomic mass is 32.1. The van der Waals surface area contributed by atoms with Crippen LogP contribution in [-0.2, 0) is 0 Å². The average Bonchev–Trinajstić information content (AvgIpc) is 2.65. The molecule has 1 aromatic heterocycles. The largest absolute Gasteiger partial charge is 0.387 e. The summed E-state index contributed by atoms with van der Waals surface area (Å²) in [5, 5.41) is 0. The van der Waals surface area contributed by atoms with E-state index in [1.807, 2.05) is 23.7 Å². The number of benzene rings is 1.